The predicted octanol–water partition coefficient (Wildman–Crippen LogP) is -0.885. The minimum atomic E-state index is -3.57. The Bertz CT molecular complexity index is 460. The summed E-state index contributed by atoms with van der Waals surface area (Å²) in [6.07, 6.45) is 2.46. The first-order chi connectivity index (χ1) is 7.01. The van der Waals surface area contributed by atoms with Crippen LogP contribution in [-0.2, 0) is 14.8 Å². The van der Waals surface area contributed by atoms with Gasteiger partial charge in [0.25, 0.3) is 10.0 Å². The third-order valence-corrected chi connectivity index (χ3v) is 4.05. The van der Waals surface area contributed by atoms with Gasteiger partial charge in [0, 0.05) is 13.1 Å². The van der Waals surface area contributed by atoms with Crippen molar-refractivity contribution in [3.05, 3.63) is 12.5 Å². The van der Waals surface area contributed by atoms with E-state index >= 15 is 0 Å². The van der Waals surface area contributed by atoms with Crippen molar-refractivity contribution in [1.82, 2.24) is 14.3 Å². The van der Waals surface area contributed by atoms with E-state index in [1.54, 1.807) is 0 Å². The molecule has 0 bridgehead atoms. The molecule has 1 aliphatic rings. The summed E-state index contributed by atoms with van der Waals surface area (Å²) in [6.45, 7) is 0.0490. The van der Waals surface area contributed by atoms with Crippen LogP contribution in [0.15, 0.2) is 17.6 Å². The predicted molar refractivity (Wildman–Crippen MR) is 48.5 cm³/mol. The van der Waals surface area contributed by atoms with Crippen LogP contribution in [-0.4, -0.2) is 46.9 Å². The summed E-state index contributed by atoms with van der Waals surface area (Å²) in [5.41, 5.74) is 0. The number of aliphatic carboxylic acids is 1. The van der Waals surface area contributed by atoms with Crippen molar-refractivity contribution in [3.8, 4) is 0 Å². The average Bonchev–Trinajstić information content (AvgIpc) is 2.50. The summed E-state index contributed by atoms with van der Waals surface area (Å²) >= 11 is 0. The van der Waals surface area contributed by atoms with Gasteiger partial charge >= 0.3 is 5.97 Å². The van der Waals surface area contributed by atoms with E-state index in [4.69, 9.17) is 5.11 Å². The Hall–Kier alpha value is -1.41. The fourth-order valence-electron chi connectivity index (χ4n) is 1.31. The normalized spacial score (nSPS) is 18.7. The van der Waals surface area contributed by atoms with Gasteiger partial charge in [0.05, 0.1) is 18.4 Å². The maximum atomic E-state index is 11.7. The van der Waals surface area contributed by atoms with Gasteiger partial charge in [0.15, 0.2) is 5.03 Å². The number of imidazole rings is 1. The van der Waals surface area contributed by atoms with Gasteiger partial charge in [-0.25, -0.2) is 13.4 Å². The largest absolute Gasteiger partial charge is 0.481 e. The molecule has 15 heavy (non-hydrogen) atoms. The van der Waals surface area contributed by atoms with Crippen LogP contribution < -0.4 is 0 Å². The molecular formula is C7H9N3O4S. The number of H-pyrrole nitrogens is 1. The number of carboxylic acid groups (broad SMARTS) is 1. The van der Waals surface area contributed by atoms with Crippen molar-refractivity contribution in [2.45, 2.75) is 5.03 Å². The molecule has 0 saturated carbocycles. The number of sulfonamides is 1. The van der Waals surface area contributed by atoms with E-state index in [1.807, 2.05) is 0 Å². The van der Waals surface area contributed by atoms with E-state index in [9.17, 15) is 13.2 Å². The summed E-state index contributed by atoms with van der Waals surface area (Å²) < 4.78 is 24.5. The lowest BCUT2D eigenvalue weighted by Crippen LogP contribution is -2.52. The van der Waals surface area contributed by atoms with Gasteiger partial charge in [0.1, 0.15) is 0 Å². The van der Waals surface area contributed by atoms with Crippen molar-refractivity contribution < 1.29 is 18.3 Å². The highest BCUT2D eigenvalue weighted by Crippen LogP contribution is 2.23. The molecule has 0 atom stereocenters. The fraction of sp³-hybridized carbons (Fsp3) is 0.429. The van der Waals surface area contributed by atoms with Crippen LogP contribution >= 0.6 is 0 Å². The molecule has 1 aromatic heterocycles. The summed E-state index contributed by atoms with van der Waals surface area (Å²) in [6, 6.07) is 0. The molecule has 0 aromatic carbocycles. The summed E-state index contributed by atoms with van der Waals surface area (Å²) in [5.74, 6) is -1.56. The van der Waals surface area contributed by atoms with Gasteiger partial charge in [0.2, 0.25) is 0 Å². The Morgan fingerprint density at radius 1 is 1.60 bits per heavy atom. The molecule has 0 spiro atoms. The number of aromatic nitrogens is 2. The number of hydrogen-bond acceptors (Lipinski definition) is 4. The lowest BCUT2D eigenvalue weighted by atomic mass is 10.0. The van der Waals surface area contributed by atoms with E-state index < -0.39 is 21.9 Å². The molecule has 0 unspecified atom stereocenters. The van der Waals surface area contributed by atoms with Crippen LogP contribution in [0.5, 0.6) is 0 Å². The van der Waals surface area contributed by atoms with Crippen molar-refractivity contribution in [2.75, 3.05) is 13.1 Å². The van der Waals surface area contributed by atoms with Gasteiger partial charge in [-0.15, -0.1) is 0 Å². The number of aromatic amines is 1. The third kappa shape index (κ3) is 1.61. The zero-order valence-electron chi connectivity index (χ0n) is 7.62. The maximum Gasteiger partial charge on any atom is 0.309 e. The number of rotatable bonds is 3. The van der Waals surface area contributed by atoms with Crippen LogP contribution in [0.3, 0.4) is 0 Å². The minimum Gasteiger partial charge on any atom is -0.481 e. The molecule has 1 saturated heterocycles. The molecule has 8 heteroatoms. The molecule has 0 amide bonds. The zero-order chi connectivity index (χ0) is 11.1. The number of carbonyl (C=O) groups is 1. The number of carboxylic acids is 1. The third-order valence-electron chi connectivity index (χ3n) is 2.29. The lowest BCUT2D eigenvalue weighted by Gasteiger charge is -2.34. The van der Waals surface area contributed by atoms with Crippen LogP contribution in [0.1, 0.15) is 0 Å². The standard InChI is InChI=1S/C7H9N3O4S/c11-7(12)5-2-10(3-5)15(13,14)6-1-8-4-9-6/h1,4-5H,2-3H2,(H,8,9)(H,11,12). The molecule has 1 fully saturated rings. The van der Waals surface area contributed by atoms with Crippen molar-refractivity contribution in [3.63, 3.8) is 0 Å². The van der Waals surface area contributed by atoms with Gasteiger partial charge in [-0.1, -0.05) is 0 Å². The zero-order valence-corrected chi connectivity index (χ0v) is 8.44. The highest BCUT2D eigenvalue weighted by molar-refractivity contribution is 7.89. The van der Waals surface area contributed by atoms with Crippen LogP contribution in [0.2, 0.25) is 0 Å². The van der Waals surface area contributed by atoms with E-state index in [2.05, 4.69) is 9.97 Å². The molecule has 0 aliphatic carbocycles. The Balaban J connectivity index is 2.11. The minimum absolute atomic E-state index is 0.00802. The summed E-state index contributed by atoms with van der Waals surface area (Å²) in [4.78, 5) is 16.6. The topological polar surface area (TPSA) is 103 Å². The van der Waals surface area contributed by atoms with E-state index in [1.165, 1.54) is 12.5 Å². The monoisotopic (exact) mass is 231 g/mol. The first-order valence-corrected chi connectivity index (χ1v) is 5.67. The van der Waals surface area contributed by atoms with Crippen molar-refractivity contribution in [2.24, 2.45) is 5.92 Å². The Labute approximate surface area is 85.8 Å². The summed E-state index contributed by atoms with van der Waals surface area (Å²) in [5, 5.41) is 8.60. The number of hydrogen-bond donors (Lipinski definition) is 2. The van der Waals surface area contributed by atoms with Gasteiger partial charge < -0.3 is 10.1 Å². The van der Waals surface area contributed by atoms with Gasteiger partial charge in [-0.05, 0) is 0 Å². The fourth-order valence-corrected chi connectivity index (χ4v) is 2.74. The smallest absolute Gasteiger partial charge is 0.309 e. The van der Waals surface area contributed by atoms with Crippen molar-refractivity contribution in [1.29, 1.82) is 0 Å². The first kappa shape index (κ1) is 10.1. The second-order valence-corrected chi connectivity index (χ2v) is 5.18. The highest BCUT2D eigenvalue weighted by Gasteiger charge is 2.40. The molecular weight excluding hydrogens is 222 g/mol. The van der Waals surface area contributed by atoms with Crippen LogP contribution in [0.25, 0.3) is 0 Å². The average molecular weight is 231 g/mol. The molecule has 0 radical (unpaired) electrons. The van der Waals surface area contributed by atoms with E-state index in [0.29, 0.717) is 0 Å². The van der Waals surface area contributed by atoms with Crippen molar-refractivity contribution >= 4 is 16.0 Å². The first-order valence-electron chi connectivity index (χ1n) is 4.23. The molecule has 7 nitrogen and oxygen atoms in total. The molecule has 82 valence electrons. The number of nitrogens with one attached hydrogen (secondary N) is 1. The highest BCUT2D eigenvalue weighted by atomic mass is 32.2. The van der Waals surface area contributed by atoms with E-state index in [-0.39, 0.29) is 18.1 Å². The quantitative estimate of drug-likeness (QED) is 0.702. The second-order valence-electron chi connectivity index (χ2n) is 3.27. The molecule has 2 N–H and O–H groups in total. The molecule has 1 aliphatic heterocycles. The van der Waals surface area contributed by atoms with Gasteiger partial charge in [-0.3, -0.25) is 4.79 Å². The number of nitrogens with zero attached hydrogens (tertiary/aromatic N) is 2. The Morgan fingerprint density at radius 3 is 2.73 bits per heavy atom. The summed E-state index contributed by atoms with van der Waals surface area (Å²) in [7, 11) is -3.57. The Morgan fingerprint density at radius 2 is 2.27 bits per heavy atom. The van der Waals surface area contributed by atoms with Crippen LogP contribution in [0, 0.1) is 5.92 Å². The molecule has 2 rings (SSSR count). The maximum absolute atomic E-state index is 11.7. The lowest BCUT2D eigenvalue weighted by molar-refractivity contribution is -0.145. The molecule has 2 heterocycles. The SMILES string of the molecule is O=C(O)C1CN(S(=O)(=O)c2cnc[nH]2)C1. The second kappa shape index (κ2) is 3.31. The molecule has 1 aromatic rings. The Kier molecular flexibility index (Phi) is 2.24. The van der Waals surface area contributed by atoms with Crippen LogP contribution in [0.4, 0.5) is 0 Å². The van der Waals surface area contributed by atoms with Gasteiger partial charge in [-0.2, -0.15) is 4.31 Å². The van der Waals surface area contributed by atoms with E-state index in [0.717, 1.165) is 4.31 Å².